The molecular weight excluding hydrogens is 396 g/mol. The second-order valence-electron chi connectivity index (χ2n) is 6.25. The molecule has 9 heteroatoms. The van der Waals surface area contributed by atoms with Crippen LogP contribution in [-0.2, 0) is 9.59 Å². The van der Waals surface area contributed by atoms with Gasteiger partial charge in [0.05, 0.1) is 26.2 Å². The Morgan fingerprint density at radius 2 is 1.79 bits per heavy atom. The fourth-order valence-corrected chi connectivity index (χ4v) is 3.63. The molecule has 0 bridgehead atoms. The number of carbonyl (C=O) groups is 3. The molecule has 2 rings (SSSR count). The second kappa shape index (κ2) is 10.8. The van der Waals surface area contributed by atoms with Crippen molar-refractivity contribution in [1.82, 2.24) is 10.2 Å². The summed E-state index contributed by atoms with van der Waals surface area (Å²) in [4.78, 5) is 37.9. The minimum absolute atomic E-state index is 0.0770. The van der Waals surface area contributed by atoms with Crippen LogP contribution in [0.4, 0.5) is 4.79 Å². The number of amides is 3. The summed E-state index contributed by atoms with van der Waals surface area (Å²) in [7, 11) is 4.51. The van der Waals surface area contributed by atoms with Gasteiger partial charge in [0.1, 0.15) is 0 Å². The van der Waals surface area contributed by atoms with Crippen molar-refractivity contribution in [3.8, 4) is 17.2 Å². The molecule has 0 spiro atoms. The van der Waals surface area contributed by atoms with Crippen molar-refractivity contribution < 1.29 is 28.6 Å². The van der Waals surface area contributed by atoms with E-state index < -0.39 is 5.91 Å². The normalized spacial score (nSPS) is 15.0. The number of benzene rings is 1. The number of hydrogen-bond donors (Lipinski definition) is 1. The van der Waals surface area contributed by atoms with E-state index in [0.717, 1.165) is 29.5 Å². The number of thioether (sulfide) groups is 1. The Hall–Kier alpha value is -2.68. The molecule has 29 heavy (non-hydrogen) atoms. The zero-order valence-electron chi connectivity index (χ0n) is 17.1. The predicted octanol–water partition coefficient (Wildman–Crippen LogP) is 3.06. The molecule has 1 aromatic rings. The average molecular weight is 423 g/mol. The van der Waals surface area contributed by atoms with Gasteiger partial charge in [0.15, 0.2) is 11.5 Å². The Balaban J connectivity index is 2.10. The molecule has 3 amide bonds. The number of ether oxygens (including phenoxy) is 3. The van der Waals surface area contributed by atoms with Crippen LogP contribution in [-0.4, -0.2) is 56.4 Å². The number of imide groups is 1. The van der Waals surface area contributed by atoms with E-state index in [1.165, 1.54) is 21.3 Å². The molecule has 1 saturated heterocycles. The van der Waals surface area contributed by atoms with Crippen molar-refractivity contribution >= 4 is 34.9 Å². The molecule has 0 unspecified atom stereocenters. The number of methoxy groups -OCH3 is 3. The third kappa shape index (κ3) is 5.66. The van der Waals surface area contributed by atoms with Crippen LogP contribution in [0.1, 0.15) is 31.7 Å². The highest BCUT2D eigenvalue weighted by molar-refractivity contribution is 8.18. The van der Waals surface area contributed by atoms with Gasteiger partial charge in [0, 0.05) is 19.5 Å². The lowest BCUT2D eigenvalue weighted by atomic mass is 10.1. The van der Waals surface area contributed by atoms with Gasteiger partial charge in [-0.1, -0.05) is 13.3 Å². The molecule has 8 nitrogen and oxygen atoms in total. The summed E-state index contributed by atoms with van der Waals surface area (Å²) in [6, 6.07) is 3.40. The van der Waals surface area contributed by atoms with E-state index in [0.29, 0.717) is 34.1 Å². The summed E-state index contributed by atoms with van der Waals surface area (Å²) in [6.07, 6.45) is 3.79. The van der Waals surface area contributed by atoms with Gasteiger partial charge in [-0.15, -0.1) is 0 Å². The number of hydrogen-bond acceptors (Lipinski definition) is 7. The van der Waals surface area contributed by atoms with E-state index >= 15 is 0 Å². The number of nitrogens with one attached hydrogen (secondary N) is 1. The Morgan fingerprint density at radius 3 is 2.34 bits per heavy atom. The molecule has 1 aliphatic heterocycles. The van der Waals surface area contributed by atoms with E-state index in [-0.39, 0.29) is 24.2 Å². The van der Waals surface area contributed by atoms with Crippen molar-refractivity contribution in [1.29, 1.82) is 0 Å². The van der Waals surface area contributed by atoms with Gasteiger partial charge < -0.3 is 19.5 Å². The molecule has 158 valence electrons. The van der Waals surface area contributed by atoms with Crippen LogP contribution in [0.2, 0.25) is 0 Å². The third-order valence-electron chi connectivity index (χ3n) is 4.27. The smallest absolute Gasteiger partial charge is 0.293 e. The van der Waals surface area contributed by atoms with Gasteiger partial charge in [-0.2, -0.15) is 0 Å². The van der Waals surface area contributed by atoms with Crippen LogP contribution in [0.25, 0.3) is 6.08 Å². The van der Waals surface area contributed by atoms with Crippen LogP contribution >= 0.6 is 11.8 Å². The third-order valence-corrected chi connectivity index (χ3v) is 5.18. The summed E-state index contributed by atoms with van der Waals surface area (Å²) in [5.41, 5.74) is 0.637. The van der Waals surface area contributed by atoms with Crippen LogP contribution in [0.5, 0.6) is 17.2 Å². The summed E-state index contributed by atoms with van der Waals surface area (Å²) in [5.74, 6) is 0.877. The number of unbranched alkanes of at least 4 members (excludes halogenated alkanes) is 1. The highest BCUT2D eigenvalue weighted by atomic mass is 32.2. The SMILES string of the molecule is CCCCC(=O)NCCN1C(=O)S/C(=C\c2cc(OC)c(OC)c(OC)c2)C1=O. The maximum atomic E-state index is 12.6. The molecule has 1 heterocycles. The van der Waals surface area contributed by atoms with Gasteiger partial charge in [0.2, 0.25) is 11.7 Å². The summed E-state index contributed by atoms with van der Waals surface area (Å²) >= 11 is 0.859. The maximum Gasteiger partial charge on any atom is 0.293 e. The average Bonchev–Trinajstić information content (AvgIpc) is 2.98. The molecule has 0 aromatic heterocycles. The van der Waals surface area contributed by atoms with Gasteiger partial charge in [0.25, 0.3) is 11.1 Å². The highest BCUT2D eigenvalue weighted by Crippen LogP contribution is 2.40. The van der Waals surface area contributed by atoms with E-state index in [4.69, 9.17) is 14.2 Å². The summed E-state index contributed by atoms with van der Waals surface area (Å²) in [6.45, 7) is 2.38. The Kier molecular flexibility index (Phi) is 8.38. The van der Waals surface area contributed by atoms with Crippen LogP contribution in [0, 0.1) is 0 Å². The molecule has 1 aromatic carbocycles. The fraction of sp³-hybridized carbons (Fsp3) is 0.450. The highest BCUT2D eigenvalue weighted by Gasteiger charge is 2.34. The monoisotopic (exact) mass is 422 g/mol. The van der Waals surface area contributed by atoms with Crippen molar-refractivity contribution in [2.24, 2.45) is 0 Å². The predicted molar refractivity (Wildman–Crippen MR) is 111 cm³/mol. The van der Waals surface area contributed by atoms with Gasteiger partial charge in [-0.05, 0) is 42.0 Å². The molecule has 1 fully saturated rings. The van der Waals surface area contributed by atoms with Crippen LogP contribution < -0.4 is 19.5 Å². The van der Waals surface area contributed by atoms with Crippen LogP contribution in [0.3, 0.4) is 0 Å². The molecule has 1 aliphatic rings. The van der Waals surface area contributed by atoms with Crippen molar-refractivity contribution in [3.63, 3.8) is 0 Å². The van der Waals surface area contributed by atoms with E-state index in [1.807, 2.05) is 6.92 Å². The second-order valence-corrected chi connectivity index (χ2v) is 7.24. The molecule has 0 saturated carbocycles. The first-order valence-corrected chi connectivity index (χ1v) is 10.1. The first-order valence-electron chi connectivity index (χ1n) is 9.27. The van der Waals surface area contributed by atoms with Crippen molar-refractivity contribution in [3.05, 3.63) is 22.6 Å². The fourth-order valence-electron chi connectivity index (χ4n) is 2.76. The lowest BCUT2D eigenvalue weighted by Crippen LogP contribution is -2.37. The Bertz CT molecular complexity index is 783. The van der Waals surface area contributed by atoms with Crippen molar-refractivity contribution in [2.75, 3.05) is 34.4 Å². The lowest BCUT2D eigenvalue weighted by Gasteiger charge is -2.13. The minimum atomic E-state index is -0.392. The van der Waals surface area contributed by atoms with E-state index in [2.05, 4.69) is 5.32 Å². The first kappa shape index (κ1) is 22.6. The zero-order valence-corrected chi connectivity index (χ0v) is 17.9. The number of carbonyl (C=O) groups excluding carboxylic acids is 3. The Labute approximate surface area is 174 Å². The summed E-state index contributed by atoms with van der Waals surface area (Å²) < 4.78 is 15.9. The maximum absolute atomic E-state index is 12.6. The molecule has 0 atom stereocenters. The first-order chi connectivity index (χ1) is 13.9. The van der Waals surface area contributed by atoms with Gasteiger partial charge in [-0.3, -0.25) is 19.3 Å². The van der Waals surface area contributed by atoms with Gasteiger partial charge >= 0.3 is 0 Å². The molecule has 0 radical (unpaired) electrons. The van der Waals surface area contributed by atoms with E-state index in [1.54, 1.807) is 18.2 Å². The topological polar surface area (TPSA) is 94.2 Å². The van der Waals surface area contributed by atoms with E-state index in [9.17, 15) is 14.4 Å². The molecule has 0 aliphatic carbocycles. The zero-order chi connectivity index (χ0) is 21.4. The standard InChI is InChI=1S/C20H26N2O6S/c1-5-6-7-17(23)21-8-9-22-19(24)16(29-20(22)25)12-13-10-14(26-2)18(28-4)15(11-13)27-3/h10-12H,5-9H2,1-4H3,(H,21,23)/b16-12-. The Morgan fingerprint density at radius 1 is 1.14 bits per heavy atom. The lowest BCUT2D eigenvalue weighted by molar-refractivity contribution is -0.124. The molecular formula is C20H26N2O6S. The van der Waals surface area contributed by atoms with Crippen molar-refractivity contribution in [2.45, 2.75) is 26.2 Å². The van der Waals surface area contributed by atoms with Crippen LogP contribution in [0.15, 0.2) is 17.0 Å². The molecule has 1 N–H and O–H groups in total. The number of rotatable bonds is 10. The minimum Gasteiger partial charge on any atom is -0.493 e. The number of nitrogens with zero attached hydrogens (tertiary/aromatic N) is 1. The summed E-state index contributed by atoms with van der Waals surface area (Å²) in [5, 5.41) is 2.37. The quantitative estimate of drug-likeness (QED) is 0.579. The van der Waals surface area contributed by atoms with Gasteiger partial charge in [-0.25, -0.2) is 0 Å². The largest absolute Gasteiger partial charge is 0.493 e.